The van der Waals surface area contributed by atoms with Gasteiger partial charge in [-0.15, -0.1) is 12.6 Å². The number of thiol groups is 1. The molecule has 0 spiro atoms. The van der Waals surface area contributed by atoms with E-state index in [2.05, 4.69) is 30.1 Å². The summed E-state index contributed by atoms with van der Waals surface area (Å²) in [6, 6.07) is 18.0. The molecule has 1 saturated carbocycles. The number of benzene rings is 2. The predicted molar refractivity (Wildman–Crippen MR) is 147 cm³/mol. The summed E-state index contributed by atoms with van der Waals surface area (Å²) >= 11 is 6.31. The molecule has 0 bridgehead atoms. The van der Waals surface area contributed by atoms with Gasteiger partial charge in [0.15, 0.2) is 5.16 Å². The third kappa shape index (κ3) is 5.71. The molecule has 6 nitrogen and oxygen atoms in total. The molecule has 2 heterocycles. The van der Waals surface area contributed by atoms with Crippen molar-refractivity contribution in [1.29, 1.82) is 0 Å². The van der Waals surface area contributed by atoms with E-state index in [1.54, 1.807) is 21.2 Å². The van der Waals surface area contributed by atoms with Gasteiger partial charge in [0.25, 0.3) is 5.56 Å². The van der Waals surface area contributed by atoms with E-state index in [1.165, 1.54) is 12.0 Å². The molecule has 2 aromatic carbocycles. The lowest BCUT2D eigenvalue weighted by atomic mass is 10.0. The summed E-state index contributed by atoms with van der Waals surface area (Å²) in [5.74, 6) is 0.0221. The summed E-state index contributed by atoms with van der Waals surface area (Å²) in [6.45, 7) is 1.94. The Hall–Kier alpha value is -2.55. The molecule has 0 unspecified atom stereocenters. The van der Waals surface area contributed by atoms with Crippen LogP contribution in [0.1, 0.15) is 42.5 Å². The van der Waals surface area contributed by atoms with Crippen LogP contribution < -0.4 is 10.9 Å². The molecule has 8 heteroatoms. The fourth-order valence-corrected chi connectivity index (χ4v) is 6.20. The minimum Gasteiger partial charge on any atom is -0.337 e. The second kappa shape index (κ2) is 11.7. The Kier molecular flexibility index (Phi) is 8.14. The third-order valence-electron chi connectivity index (χ3n) is 6.94. The van der Waals surface area contributed by atoms with Crippen molar-refractivity contribution in [3.8, 4) is 5.69 Å². The van der Waals surface area contributed by atoms with Gasteiger partial charge < -0.3 is 10.2 Å². The van der Waals surface area contributed by atoms with Crippen LogP contribution in [-0.4, -0.2) is 45.2 Å². The van der Waals surface area contributed by atoms with E-state index < -0.39 is 0 Å². The lowest BCUT2D eigenvalue weighted by molar-refractivity contribution is -0.131. The van der Waals surface area contributed by atoms with Crippen LogP contribution in [0, 0.1) is 0 Å². The van der Waals surface area contributed by atoms with Gasteiger partial charge in [-0.3, -0.25) is 14.2 Å². The Morgan fingerprint density at radius 2 is 1.89 bits per heavy atom. The SMILES string of the molecule is O=C(CNCCCc1ccccc1)N1CCc2nc(SC3CCC3)n(-c3ccccc3S)c(=O)c2C1. The van der Waals surface area contributed by atoms with Crippen molar-refractivity contribution in [2.75, 3.05) is 19.6 Å². The van der Waals surface area contributed by atoms with Crippen LogP contribution >= 0.6 is 24.4 Å². The van der Waals surface area contributed by atoms with Crippen molar-refractivity contribution >= 4 is 30.3 Å². The monoisotopic (exact) mass is 520 g/mol. The van der Waals surface area contributed by atoms with Gasteiger partial charge in [-0.25, -0.2) is 4.98 Å². The summed E-state index contributed by atoms with van der Waals surface area (Å²) in [6.07, 6.45) is 6.10. The van der Waals surface area contributed by atoms with Gasteiger partial charge in [-0.1, -0.05) is 60.6 Å². The normalized spacial score (nSPS) is 15.4. The predicted octanol–water partition coefficient (Wildman–Crippen LogP) is 4.27. The van der Waals surface area contributed by atoms with Crippen molar-refractivity contribution in [1.82, 2.24) is 19.8 Å². The lowest BCUT2D eigenvalue weighted by Crippen LogP contribution is -2.44. The number of aromatic nitrogens is 2. The van der Waals surface area contributed by atoms with Gasteiger partial charge in [0.2, 0.25) is 5.91 Å². The Morgan fingerprint density at radius 1 is 1.11 bits per heavy atom. The zero-order chi connectivity index (χ0) is 24.9. The van der Waals surface area contributed by atoms with Crippen molar-refractivity contribution in [3.05, 3.63) is 81.8 Å². The fourth-order valence-electron chi connectivity index (χ4n) is 4.62. The second-order valence-corrected chi connectivity index (χ2v) is 11.2. The zero-order valence-corrected chi connectivity index (χ0v) is 22.1. The molecule has 0 saturated heterocycles. The van der Waals surface area contributed by atoms with E-state index in [0.29, 0.717) is 30.3 Å². The molecule has 1 aliphatic heterocycles. The minimum atomic E-state index is -0.0864. The van der Waals surface area contributed by atoms with E-state index in [-0.39, 0.29) is 18.0 Å². The van der Waals surface area contributed by atoms with Crippen molar-refractivity contribution in [3.63, 3.8) is 0 Å². The van der Waals surface area contributed by atoms with E-state index >= 15 is 0 Å². The Bertz CT molecular complexity index is 1270. The highest BCUT2D eigenvalue weighted by atomic mass is 32.2. The van der Waals surface area contributed by atoms with Crippen molar-refractivity contribution in [2.24, 2.45) is 0 Å². The number of carbonyl (C=O) groups excluding carboxylic acids is 1. The Labute approximate surface area is 221 Å². The molecule has 3 aromatic rings. The summed E-state index contributed by atoms with van der Waals surface area (Å²) in [5.41, 5.74) is 3.41. The number of hydrogen-bond donors (Lipinski definition) is 2. The molecule has 1 amide bonds. The van der Waals surface area contributed by atoms with E-state index in [1.807, 2.05) is 42.5 Å². The number of carbonyl (C=O) groups is 1. The average molecular weight is 521 g/mol. The maximum absolute atomic E-state index is 13.8. The number of nitrogens with one attached hydrogen (secondary N) is 1. The van der Waals surface area contributed by atoms with Gasteiger partial charge in [0.1, 0.15) is 0 Å². The standard InChI is InChI=1S/C28H32N4O2S2/c33-26(18-29-16-7-10-20-8-2-1-3-9-20)31-17-15-23-22(19-31)27(34)32(24-13-4-5-14-25(24)35)28(30-23)36-21-11-6-12-21/h1-5,8-9,13-14,21,29,35H,6-7,10-12,15-19H2. The second-order valence-electron chi connectivity index (χ2n) is 9.45. The van der Waals surface area contributed by atoms with E-state index in [9.17, 15) is 9.59 Å². The number of rotatable bonds is 9. The van der Waals surface area contributed by atoms with Crippen molar-refractivity contribution < 1.29 is 4.79 Å². The van der Waals surface area contributed by atoms with Gasteiger partial charge in [0, 0.05) is 23.1 Å². The third-order valence-corrected chi connectivity index (χ3v) is 8.60. The smallest absolute Gasteiger partial charge is 0.264 e. The van der Waals surface area contributed by atoms with Gasteiger partial charge >= 0.3 is 0 Å². The number of hydrogen-bond acceptors (Lipinski definition) is 6. The molecular weight excluding hydrogens is 488 g/mol. The fraction of sp³-hybridized carbons (Fsp3) is 0.393. The average Bonchev–Trinajstić information content (AvgIpc) is 2.87. The highest BCUT2D eigenvalue weighted by Crippen LogP contribution is 2.37. The Balaban J connectivity index is 1.28. The first-order chi connectivity index (χ1) is 17.6. The lowest BCUT2D eigenvalue weighted by Gasteiger charge is -2.30. The number of amides is 1. The topological polar surface area (TPSA) is 67.2 Å². The molecule has 36 heavy (non-hydrogen) atoms. The largest absolute Gasteiger partial charge is 0.337 e. The van der Waals surface area contributed by atoms with Gasteiger partial charge in [-0.05, 0) is 49.9 Å². The van der Waals surface area contributed by atoms with Crippen LogP contribution in [0.3, 0.4) is 0 Å². The van der Waals surface area contributed by atoms with E-state index in [4.69, 9.17) is 4.98 Å². The quantitative estimate of drug-likeness (QED) is 0.251. The van der Waals surface area contributed by atoms with Gasteiger partial charge in [-0.2, -0.15) is 0 Å². The maximum atomic E-state index is 13.8. The minimum absolute atomic E-state index is 0.0221. The van der Waals surface area contributed by atoms with Crippen LogP contribution in [0.4, 0.5) is 0 Å². The molecular formula is C28H32N4O2S2. The number of para-hydroxylation sites is 1. The Morgan fingerprint density at radius 3 is 2.64 bits per heavy atom. The first-order valence-corrected chi connectivity index (χ1v) is 14.0. The zero-order valence-electron chi connectivity index (χ0n) is 20.4. The first-order valence-electron chi connectivity index (χ1n) is 12.7. The van der Waals surface area contributed by atoms with Crippen LogP contribution in [0.5, 0.6) is 0 Å². The van der Waals surface area contributed by atoms with Crippen LogP contribution in [-0.2, 0) is 24.2 Å². The van der Waals surface area contributed by atoms with Crippen molar-refractivity contribution in [2.45, 2.75) is 60.4 Å². The molecule has 1 fully saturated rings. The number of nitrogens with zero attached hydrogens (tertiary/aromatic N) is 3. The summed E-state index contributed by atoms with van der Waals surface area (Å²) in [5, 5.41) is 4.52. The van der Waals surface area contributed by atoms with E-state index in [0.717, 1.165) is 53.7 Å². The molecule has 188 valence electrons. The summed E-state index contributed by atoms with van der Waals surface area (Å²) in [4.78, 5) is 34.2. The highest BCUT2D eigenvalue weighted by molar-refractivity contribution is 7.99. The van der Waals surface area contributed by atoms with Crippen LogP contribution in [0.2, 0.25) is 0 Å². The number of fused-ring (bicyclic) bond motifs is 1. The maximum Gasteiger partial charge on any atom is 0.264 e. The molecule has 0 atom stereocenters. The first kappa shape index (κ1) is 25.1. The van der Waals surface area contributed by atoms with Crippen LogP contribution in [0.15, 0.2) is 69.4 Å². The molecule has 1 aromatic heterocycles. The molecule has 1 N–H and O–H groups in total. The molecule has 1 aliphatic carbocycles. The van der Waals surface area contributed by atoms with Crippen LogP contribution in [0.25, 0.3) is 5.69 Å². The highest BCUT2D eigenvalue weighted by Gasteiger charge is 2.29. The summed E-state index contributed by atoms with van der Waals surface area (Å²) in [7, 11) is 0. The molecule has 0 radical (unpaired) electrons. The molecule has 2 aliphatic rings. The number of aryl methyl sites for hydroxylation is 1. The van der Waals surface area contributed by atoms with Gasteiger partial charge in [0.05, 0.1) is 30.0 Å². The molecule has 5 rings (SSSR count). The summed E-state index contributed by atoms with van der Waals surface area (Å²) < 4.78 is 1.71. The number of thioether (sulfide) groups is 1.